The smallest absolute Gasteiger partial charge is 0.387 e. The number of benzene rings is 1. The van der Waals surface area contributed by atoms with E-state index >= 15 is 0 Å². The van der Waals surface area contributed by atoms with Crippen LogP contribution in [0.4, 0.5) is 8.78 Å². The van der Waals surface area contributed by atoms with Crippen molar-refractivity contribution in [1.29, 1.82) is 0 Å². The normalized spacial score (nSPS) is 13.4. The first-order valence-corrected chi connectivity index (χ1v) is 9.10. The summed E-state index contributed by atoms with van der Waals surface area (Å²) < 4.78 is 36.3. The Morgan fingerprint density at radius 2 is 2.07 bits per heavy atom. The van der Waals surface area contributed by atoms with Crippen LogP contribution in [0.2, 0.25) is 0 Å². The zero-order valence-corrected chi connectivity index (χ0v) is 19.7. The third-order valence-electron chi connectivity index (χ3n) is 4.13. The van der Waals surface area contributed by atoms with Gasteiger partial charge >= 0.3 is 6.61 Å². The quantitative estimate of drug-likeness (QED) is 0.258. The van der Waals surface area contributed by atoms with Crippen LogP contribution in [0, 0.1) is 0 Å². The van der Waals surface area contributed by atoms with E-state index in [1.54, 1.807) is 43.2 Å². The fourth-order valence-electron chi connectivity index (χ4n) is 2.58. The van der Waals surface area contributed by atoms with Gasteiger partial charge in [-0.05, 0) is 31.5 Å². The Labute approximate surface area is 191 Å². The summed E-state index contributed by atoms with van der Waals surface area (Å²) in [5.74, 6) is 0.645. The van der Waals surface area contributed by atoms with Gasteiger partial charge in [-0.2, -0.15) is 13.9 Å². The van der Waals surface area contributed by atoms with Crippen molar-refractivity contribution < 1.29 is 23.4 Å². The standard InChI is InChI=1S/C19H27F2N5O3.HI/c1-5-22-18(24-12-19(2,27)14-10-25-26(3)11-14)23-9-13-6-7-15(28-4)16(8-13)29-17(20)21;/h6-8,10-11,17,27H,5,9,12H2,1-4H3,(H2,22,23,24);1H. The molecule has 3 N–H and O–H groups in total. The molecule has 168 valence electrons. The Morgan fingerprint density at radius 3 is 2.63 bits per heavy atom. The molecule has 0 aliphatic carbocycles. The maximum absolute atomic E-state index is 12.6. The Hall–Kier alpha value is -2.15. The van der Waals surface area contributed by atoms with Crippen molar-refractivity contribution in [2.45, 2.75) is 32.6 Å². The van der Waals surface area contributed by atoms with Crippen LogP contribution in [0.1, 0.15) is 25.0 Å². The van der Waals surface area contributed by atoms with E-state index in [4.69, 9.17) is 4.74 Å². The van der Waals surface area contributed by atoms with Crippen molar-refractivity contribution in [1.82, 2.24) is 20.4 Å². The lowest BCUT2D eigenvalue weighted by Gasteiger charge is -2.23. The minimum atomic E-state index is -2.95. The number of halogens is 3. The molecule has 1 unspecified atom stereocenters. The molecule has 1 aromatic heterocycles. The third kappa shape index (κ3) is 7.59. The molecule has 0 aliphatic heterocycles. The van der Waals surface area contributed by atoms with Crippen molar-refractivity contribution in [3.8, 4) is 11.5 Å². The van der Waals surface area contributed by atoms with E-state index in [1.165, 1.54) is 13.2 Å². The summed E-state index contributed by atoms with van der Waals surface area (Å²) in [6.45, 7) is 1.68. The molecule has 8 nitrogen and oxygen atoms in total. The van der Waals surface area contributed by atoms with Gasteiger partial charge in [-0.1, -0.05) is 6.07 Å². The Bertz CT molecular complexity index is 830. The van der Waals surface area contributed by atoms with Crippen molar-refractivity contribution in [2.75, 3.05) is 20.2 Å². The van der Waals surface area contributed by atoms with Crippen molar-refractivity contribution in [2.24, 2.45) is 12.0 Å². The fraction of sp³-hybridized carbons (Fsp3) is 0.474. The maximum atomic E-state index is 12.6. The van der Waals surface area contributed by atoms with E-state index in [1.807, 2.05) is 6.92 Å². The fourth-order valence-corrected chi connectivity index (χ4v) is 2.58. The summed E-state index contributed by atoms with van der Waals surface area (Å²) in [5.41, 5.74) is 0.188. The highest BCUT2D eigenvalue weighted by molar-refractivity contribution is 14.0. The molecule has 1 heterocycles. The van der Waals surface area contributed by atoms with Crippen molar-refractivity contribution >= 4 is 29.9 Å². The summed E-state index contributed by atoms with van der Waals surface area (Å²) in [6.07, 6.45) is 3.35. The Balaban J connectivity index is 0.00000450. The van der Waals surface area contributed by atoms with Gasteiger partial charge in [0, 0.05) is 25.4 Å². The van der Waals surface area contributed by atoms with Crippen LogP contribution in [-0.2, 0) is 19.2 Å². The summed E-state index contributed by atoms with van der Waals surface area (Å²) in [7, 11) is 3.16. The molecule has 0 bridgehead atoms. The molecule has 0 spiro atoms. The molecule has 0 amide bonds. The van der Waals surface area contributed by atoms with E-state index in [9.17, 15) is 13.9 Å². The molecule has 30 heavy (non-hydrogen) atoms. The highest BCUT2D eigenvalue weighted by Crippen LogP contribution is 2.29. The van der Waals surface area contributed by atoms with Crippen LogP contribution in [0.25, 0.3) is 0 Å². The zero-order chi connectivity index (χ0) is 21.4. The number of hydrogen-bond acceptors (Lipinski definition) is 5. The van der Waals surface area contributed by atoms with Gasteiger partial charge in [0.1, 0.15) is 5.60 Å². The lowest BCUT2D eigenvalue weighted by molar-refractivity contribution is -0.0512. The maximum Gasteiger partial charge on any atom is 0.387 e. The van der Waals surface area contributed by atoms with Gasteiger partial charge < -0.3 is 25.2 Å². The lowest BCUT2D eigenvalue weighted by Crippen LogP contribution is -2.44. The lowest BCUT2D eigenvalue weighted by atomic mass is 10.00. The second-order valence-electron chi connectivity index (χ2n) is 6.59. The predicted octanol–water partition coefficient (Wildman–Crippen LogP) is 2.61. The highest BCUT2D eigenvalue weighted by atomic mass is 127. The van der Waals surface area contributed by atoms with Gasteiger partial charge in [-0.3, -0.25) is 4.68 Å². The number of guanidine groups is 1. The Kier molecular flexibility index (Phi) is 10.3. The highest BCUT2D eigenvalue weighted by Gasteiger charge is 2.25. The van der Waals surface area contributed by atoms with Crippen LogP contribution in [0.5, 0.6) is 11.5 Å². The van der Waals surface area contributed by atoms with E-state index in [-0.39, 0.29) is 48.6 Å². The molecular formula is C19H28F2IN5O3. The van der Waals surface area contributed by atoms with Gasteiger partial charge in [0.05, 0.1) is 26.4 Å². The molecule has 1 aromatic carbocycles. The minimum absolute atomic E-state index is 0. The molecule has 0 saturated carbocycles. The van der Waals surface area contributed by atoms with Crippen LogP contribution < -0.4 is 20.1 Å². The first-order valence-electron chi connectivity index (χ1n) is 9.10. The number of nitrogens with zero attached hydrogens (tertiary/aromatic N) is 3. The largest absolute Gasteiger partial charge is 0.493 e. The molecule has 0 fully saturated rings. The summed E-state index contributed by atoms with van der Waals surface area (Å²) in [6, 6.07) is 4.73. The molecule has 0 radical (unpaired) electrons. The number of hydrogen-bond donors (Lipinski definition) is 3. The van der Waals surface area contributed by atoms with E-state index in [0.717, 1.165) is 0 Å². The second kappa shape index (κ2) is 11.9. The van der Waals surface area contributed by atoms with Gasteiger partial charge in [0.25, 0.3) is 0 Å². The van der Waals surface area contributed by atoms with Crippen LogP contribution in [0.3, 0.4) is 0 Å². The molecular weight excluding hydrogens is 511 g/mol. The molecule has 0 saturated heterocycles. The topological polar surface area (TPSA) is 92.9 Å². The van der Waals surface area contributed by atoms with Crippen LogP contribution >= 0.6 is 24.0 Å². The first kappa shape index (κ1) is 25.9. The molecule has 2 rings (SSSR count). The SMILES string of the molecule is CCNC(=NCc1ccc(OC)c(OC(F)F)c1)NCC(C)(O)c1cnn(C)c1.I. The van der Waals surface area contributed by atoms with Gasteiger partial charge in [0.2, 0.25) is 0 Å². The third-order valence-corrected chi connectivity index (χ3v) is 4.13. The second-order valence-corrected chi connectivity index (χ2v) is 6.59. The number of aliphatic hydroxyl groups is 1. The van der Waals surface area contributed by atoms with E-state index in [0.29, 0.717) is 23.6 Å². The van der Waals surface area contributed by atoms with E-state index < -0.39 is 12.2 Å². The van der Waals surface area contributed by atoms with Gasteiger partial charge in [-0.25, -0.2) is 4.99 Å². The van der Waals surface area contributed by atoms with Gasteiger partial charge in [0.15, 0.2) is 17.5 Å². The average Bonchev–Trinajstić information content (AvgIpc) is 3.11. The van der Waals surface area contributed by atoms with Gasteiger partial charge in [-0.15, -0.1) is 24.0 Å². The molecule has 1 atom stereocenters. The molecule has 0 aliphatic rings. The average molecular weight is 539 g/mol. The summed E-state index contributed by atoms with van der Waals surface area (Å²) >= 11 is 0. The van der Waals surface area contributed by atoms with Crippen molar-refractivity contribution in [3.63, 3.8) is 0 Å². The number of aromatic nitrogens is 2. The predicted molar refractivity (Wildman–Crippen MR) is 121 cm³/mol. The number of aryl methyl sites for hydroxylation is 1. The zero-order valence-electron chi connectivity index (χ0n) is 17.4. The summed E-state index contributed by atoms with van der Waals surface area (Å²) in [5, 5.41) is 20.9. The van der Waals surface area contributed by atoms with Crippen molar-refractivity contribution in [3.05, 3.63) is 41.7 Å². The number of aliphatic imine (C=N–C) groups is 1. The number of ether oxygens (including phenoxy) is 2. The number of methoxy groups -OCH3 is 1. The number of nitrogens with one attached hydrogen (secondary N) is 2. The van der Waals surface area contributed by atoms with Crippen LogP contribution in [-0.4, -0.2) is 47.7 Å². The monoisotopic (exact) mass is 539 g/mol. The molecule has 2 aromatic rings. The number of alkyl halides is 2. The summed E-state index contributed by atoms with van der Waals surface area (Å²) in [4.78, 5) is 4.44. The molecule has 11 heteroatoms. The minimum Gasteiger partial charge on any atom is -0.493 e. The first-order chi connectivity index (χ1) is 13.7. The Morgan fingerprint density at radius 1 is 1.33 bits per heavy atom. The number of rotatable bonds is 9. The van der Waals surface area contributed by atoms with E-state index in [2.05, 4.69) is 25.5 Å². The van der Waals surface area contributed by atoms with Crippen LogP contribution in [0.15, 0.2) is 35.6 Å².